The first-order chi connectivity index (χ1) is 25.2. The maximum Gasteiger partial charge on any atom is 0.164 e. The molecule has 0 saturated carbocycles. The zero-order valence-electron chi connectivity index (χ0n) is 27.5. The molecule has 8 aromatic carbocycles. The number of rotatable bonds is 5. The van der Waals surface area contributed by atoms with Crippen LogP contribution in [0.2, 0.25) is 0 Å². The van der Waals surface area contributed by atoms with Crippen molar-refractivity contribution in [3.05, 3.63) is 176 Å². The maximum atomic E-state index is 6.78. The Labute approximate surface area is 294 Å². The summed E-state index contributed by atoms with van der Waals surface area (Å²) in [6.07, 6.45) is 0. The summed E-state index contributed by atoms with van der Waals surface area (Å²) in [6.45, 7) is 0. The molecule has 4 nitrogen and oxygen atoms in total. The summed E-state index contributed by atoms with van der Waals surface area (Å²) in [5.41, 5.74) is 8.85. The van der Waals surface area contributed by atoms with E-state index in [0.29, 0.717) is 17.5 Å². The van der Waals surface area contributed by atoms with Gasteiger partial charge in [-0.3, -0.25) is 0 Å². The number of hydrogen-bond acceptors (Lipinski definition) is 4. The minimum atomic E-state index is 0.596. The molecule has 0 atom stereocenters. The molecule has 0 unspecified atom stereocenters. The molecule has 2 aromatic heterocycles. The van der Waals surface area contributed by atoms with E-state index in [9.17, 15) is 0 Å². The van der Waals surface area contributed by atoms with Gasteiger partial charge in [0.15, 0.2) is 17.5 Å². The van der Waals surface area contributed by atoms with Crippen LogP contribution in [0, 0.1) is 0 Å². The Hall–Kier alpha value is -6.91. The van der Waals surface area contributed by atoms with Crippen molar-refractivity contribution in [1.82, 2.24) is 15.0 Å². The molecule has 2 heterocycles. The number of nitrogens with zero attached hydrogens (tertiary/aromatic N) is 3. The summed E-state index contributed by atoms with van der Waals surface area (Å²) in [6, 6.07) is 61.1. The van der Waals surface area contributed by atoms with Crippen LogP contribution in [-0.2, 0) is 0 Å². The molecule has 0 spiro atoms. The van der Waals surface area contributed by atoms with E-state index in [4.69, 9.17) is 19.4 Å². The van der Waals surface area contributed by atoms with E-state index in [1.807, 2.05) is 60.7 Å². The minimum Gasteiger partial charge on any atom is -0.455 e. The molecule has 0 amide bonds. The maximum absolute atomic E-state index is 6.78. The van der Waals surface area contributed by atoms with Crippen molar-refractivity contribution in [3.63, 3.8) is 0 Å². The fraction of sp³-hybridized carbons (Fsp3) is 0. The van der Waals surface area contributed by atoms with Gasteiger partial charge in [-0.1, -0.05) is 152 Å². The highest BCUT2D eigenvalue weighted by Gasteiger charge is 2.21. The summed E-state index contributed by atoms with van der Waals surface area (Å²) < 4.78 is 6.78. The van der Waals surface area contributed by atoms with Crippen molar-refractivity contribution in [2.75, 3.05) is 0 Å². The van der Waals surface area contributed by atoms with Gasteiger partial charge in [0.2, 0.25) is 0 Å². The van der Waals surface area contributed by atoms with Crippen molar-refractivity contribution in [3.8, 4) is 56.4 Å². The van der Waals surface area contributed by atoms with Crippen LogP contribution >= 0.6 is 0 Å². The van der Waals surface area contributed by atoms with Gasteiger partial charge in [-0.25, -0.2) is 15.0 Å². The highest BCUT2D eigenvalue weighted by atomic mass is 16.3. The molecule has 0 fully saturated rings. The van der Waals surface area contributed by atoms with E-state index in [2.05, 4.69) is 115 Å². The molecule has 0 N–H and O–H groups in total. The van der Waals surface area contributed by atoms with Gasteiger partial charge in [-0.2, -0.15) is 0 Å². The molecule has 0 aliphatic heterocycles. The van der Waals surface area contributed by atoms with Gasteiger partial charge in [-0.05, 0) is 62.7 Å². The Kier molecular flexibility index (Phi) is 6.78. The zero-order chi connectivity index (χ0) is 33.7. The predicted octanol–water partition coefficient (Wildman–Crippen LogP) is 12.4. The van der Waals surface area contributed by atoms with Crippen LogP contribution in [0.1, 0.15) is 0 Å². The molecule has 0 radical (unpaired) electrons. The van der Waals surface area contributed by atoms with Crippen LogP contribution in [0.3, 0.4) is 0 Å². The average molecular weight is 652 g/mol. The fourth-order valence-electron chi connectivity index (χ4n) is 7.13. The zero-order valence-corrected chi connectivity index (χ0v) is 27.5. The number of aromatic nitrogens is 3. The Morgan fingerprint density at radius 2 is 0.882 bits per heavy atom. The molecule has 0 aliphatic carbocycles. The van der Waals surface area contributed by atoms with Gasteiger partial charge >= 0.3 is 0 Å². The smallest absolute Gasteiger partial charge is 0.164 e. The second-order valence-corrected chi connectivity index (χ2v) is 12.8. The lowest BCUT2D eigenvalue weighted by Gasteiger charge is -2.11. The summed E-state index contributed by atoms with van der Waals surface area (Å²) in [5.74, 6) is 1.84. The Balaban J connectivity index is 1.20. The predicted molar refractivity (Wildman–Crippen MR) is 209 cm³/mol. The van der Waals surface area contributed by atoms with E-state index in [1.165, 1.54) is 21.9 Å². The quantitative estimate of drug-likeness (QED) is 0.186. The molecule has 10 aromatic rings. The van der Waals surface area contributed by atoms with Gasteiger partial charge in [0.1, 0.15) is 11.2 Å². The molecular formula is C47H29N3O. The molecule has 238 valence electrons. The molecule has 51 heavy (non-hydrogen) atoms. The highest BCUT2D eigenvalue weighted by molar-refractivity contribution is 6.19. The molecular weight excluding hydrogens is 623 g/mol. The lowest BCUT2D eigenvalue weighted by Crippen LogP contribution is -2.00. The Bertz CT molecular complexity index is 2840. The first-order valence-corrected chi connectivity index (χ1v) is 17.1. The first-order valence-electron chi connectivity index (χ1n) is 17.1. The number of benzene rings is 8. The van der Waals surface area contributed by atoms with Gasteiger partial charge in [0, 0.05) is 32.8 Å². The number of hydrogen-bond donors (Lipinski definition) is 0. The van der Waals surface area contributed by atoms with E-state index >= 15 is 0 Å². The summed E-state index contributed by atoms with van der Waals surface area (Å²) >= 11 is 0. The lowest BCUT2D eigenvalue weighted by molar-refractivity contribution is 0.673. The lowest BCUT2D eigenvalue weighted by atomic mass is 9.95. The molecule has 0 aliphatic rings. The van der Waals surface area contributed by atoms with Gasteiger partial charge in [0.25, 0.3) is 0 Å². The third-order valence-electron chi connectivity index (χ3n) is 9.70. The summed E-state index contributed by atoms with van der Waals surface area (Å²) in [4.78, 5) is 15.3. The molecule has 0 bridgehead atoms. The fourth-order valence-corrected chi connectivity index (χ4v) is 7.13. The second-order valence-electron chi connectivity index (χ2n) is 12.8. The second kappa shape index (κ2) is 11.9. The van der Waals surface area contributed by atoms with Gasteiger partial charge in [0.05, 0.1) is 0 Å². The standard InChI is InChI=1S/C47H29N3O/c1-3-13-34(14-4-1)45-48-46(35-15-5-2-6-16-35)50-47(49-45)41-28-38(29-42-43(41)40-26-25-33-12-9-10-18-39(33)44(40)51-42)32-21-19-31(20-22-32)37-24-23-30-11-7-8-17-36(30)27-37/h1-29H. The average Bonchev–Trinajstić information content (AvgIpc) is 3.60. The van der Waals surface area contributed by atoms with Crippen LogP contribution in [0.5, 0.6) is 0 Å². The normalized spacial score (nSPS) is 11.5. The Morgan fingerprint density at radius 1 is 0.333 bits per heavy atom. The number of furan rings is 1. The highest BCUT2D eigenvalue weighted by Crippen LogP contribution is 2.42. The minimum absolute atomic E-state index is 0.596. The molecule has 4 heteroatoms. The van der Waals surface area contributed by atoms with Crippen LogP contribution in [0.25, 0.3) is 99.9 Å². The third-order valence-corrected chi connectivity index (χ3v) is 9.70. The monoisotopic (exact) mass is 651 g/mol. The van der Waals surface area contributed by atoms with E-state index in [0.717, 1.165) is 60.5 Å². The van der Waals surface area contributed by atoms with E-state index in [-0.39, 0.29) is 0 Å². The van der Waals surface area contributed by atoms with E-state index in [1.54, 1.807) is 0 Å². The van der Waals surface area contributed by atoms with Crippen LogP contribution in [0.15, 0.2) is 180 Å². The van der Waals surface area contributed by atoms with Crippen LogP contribution in [0.4, 0.5) is 0 Å². The van der Waals surface area contributed by atoms with Crippen molar-refractivity contribution in [1.29, 1.82) is 0 Å². The topological polar surface area (TPSA) is 51.8 Å². The van der Waals surface area contributed by atoms with Crippen LogP contribution in [-0.4, -0.2) is 15.0 Å². The van der Waals surface area contributed by atoms with E-state index < -0.39 is 0 Å². The summed E-state index contributed by atoms with van der Waals surface area (Å²) in [7, 11) is 0. The first kappa shape index (κ1) is 29.0. The van der Waals surface area contributed by atoms with Crippen molar-refractivity contribution in [2.24, 2.45) is 0 Å². The largest absolute Gasteiger partial charge is 0.455 e. The Morgan fingerprint density at radius 3 is 1.59 bits per heavy atom. The van der Waals surface area contributed by atoms with Crippen LogP contribution < -0.4 is 0 Å². The van der Waals surface area contributed by atoms with Crippen molar-refractivity contribution in [2.45, 2.75) is 0 Å². The van der Waals surface area contributed by atoms with Gasteiger partial charge < -0.3 is 4.42 Å². The van der Waals surface area contributed by atoms with Crippen molar-refractivity contribution >= 4 is 43.5 Å². The summed E-state index contributed by atoms with van der Waals surface area (Å²) in [5, 5.41) is 6.68. The third kappa shape index (κ3) is 5.13. The SMILES string of the molecule is c1ccc(-c2nc(-c3ccccc3)nc(-c3cc(-c4ccc(-c5ccc6ccccc6c5)cc4)cc4oc5c6ccccc6ccc5c34)n2)cc1. The number of fused-ring (bicyclic) bond motifs is 6. The van der Waals surface area contributed by atoms with Crippen molar-refractivity contribution < 1.29 is 4.42 Å². The van der Waals surface area contributed by atoms with Gasteiger partial charge in [-0.15, -0.1) is 0 Å². The molecule has 10 rings (SSSR count). The molecule has 0 saturated heterocycles.